The number of methoxy groups -OCH3 is 1. The third kappa shape index (κ3) is 2.68. The van der Waals surface area contributed by atoms with Gasteiger partial charge >= 0.3 is 5.97 Å². The summed E-state index contributed by atoms with van der Waals surface area (Å²) in [5, 5.41) is 0. The number of hydrogen-bond donors (Lipinski definition) is 0. The molecule has 0 spiro atoms. The van der Waals surface area contributed by atoms with Crippen LogP contribution in [0.2, 0.25) is 0 Å². The van der Waals surface area contributed by atoms with Crippen molar-refractivity contribution < 1.29 is 19.0 Å². The molecule has 4 aliphatic rings. The summed E-state index contributed by atoms with van der Waals surface area (Å²) in [5.74, 6) is 1.05. The Bertz CT molecular complexity index is 663. The molecule has 144 valence electrons. The van der Waals surface area contributed by atoms with E-state index in [1.165, 1.54) is 25.7 Å². The lowest BCUT2D eigenvalue weighted by molar-refractivity contribution is -0.144. The Balaban J connectivity index is 1.62. The first kappa shape index (κ1) is 18.2. The van der Waals surface area contributed by atoms with E-state index in [0.717, 1.165) is 30.6 Å². The van der Waals surface area contributed by atoms with Crippen LogP contribution in [-0.2, 0) is 19.0 Å². The lowest BCUT2D eigenvalue weighted by Gasteiger charge is -2.59. The fraction of sp³-hybridized carbons (Fsp3) is 0.773. The van der Waals surface area contributed by atoms with Crippen LogP contribution >= 0.6 is 0 Å². The highest BCUT2D eigenvalue weighted by molar-refractivity contribution is 5.92. The van der Waals surface area contributed by atoms with Gasteiger partial charge in [-0.2, -0.15) is 0 Å². The topological polar surface area (TPSA) is 44.8 Å². The number of ether oxygens (including phenoxy) is 3. The van der Waals surface area contributed by atoms with Crippen molar-refractivity contribution in [3.63, 3.8) is 0 Å². The molecule has 4 heteroatoms. The molecular formula is C22H32O4. The van der Waals surface area contributed by atoms with Crippen LogP contribution in [0, 0.1) is 22.7 Å². The number of rotatable bonds is 4. The van der Waals surface area contributed by atoms with Crippen LogP contribution in [0.25, 0.3) is 0 Å². The van der Waals surface area contributed by atoms with Crippen molar-refractivity contribution in [2.24, 2.45) is 22.7 Å². The minimum Gasteiger partial charge on any atom is -0.454 e. The minimum absolute atomic E-state index is 0.0234. The van der Waals surface area contributed by atoms with Crippen LogP contribution in [0.4, 0.5) is 0 Å². The summed E-state index contributed by atoms with van der Waals surface area (Å²) in [6.07, 6.45) is 9.35. The first-order valence-electron chi connectivity index (χ1n) is 10.1. The predicted octanol–water partition coefficient (Wildman–Crippen LogP) is 4.40. The summed E-state index contributed by atoms with van der Waals surface area (Å²) in [4.78, 5) is 12.0. The summed E-state index contributed by atoms with van der Waals surface area (Å²) in [7, 11) is 1.68. The second-order valence-corrected chi connectivity index (χ2v) is 9.34. The van der Waals surface area contributed by atoms with Gasteiger partial charge in [0, 0.05) is 18.3 Å². The van der Waals surface area contributed by atoms with Crippen molar-refractivity contribution >= 4 is 5.97 Å². The van der Waals surface area contributed by atoms with E-state index in [4.69, 9.17) is 14.2 Å². The number of hydrogen-bond acceptors (Lipinski definition) is 4. The molecule has 0 aromatic rings. The molecule has 3 aliphatic carbocycles. The predicted molar refractivity (Wildman–Crippen MR) is 99.4 cm³/mol. The molecule has 5 unspecified atom stereocenters. The summed E-state index contributed by atoms with van der Waals surface area (Å²) >= 11 is 0. The van der Waals surface area contributed by atoms with E-state index < -0.39 is 0 Å². The quantitative estimate of drug-likeness (QED) is 0.423. The molecule has 26 heavy (non-hydrogen) atoms. The van der Waals surface area contributed by atoms with Gasteiger partial charge < -0.3 is 14.2 Å². The van der Waals surface area contributed by atoms with Gasteiger partial charge in [-0.15, -0.1) is 0 Å². The molecule has 2 fully saturated rings. The van der Waals surface area contributed by atoms with Crippen molar-refractivity contribution in [3.8, 4) is 0 Å². The van der Waals surface area contributed by atoms with Gasteiger partial charge in [-0.1, -0.05) is 31.9 Å². The standard InChI is InChI=1S/C22H32O4/c1-14-16-10-15-6-7-19-21(2,12-25-13-24-4)8-5-9-22(19,3)17(15)11-18(16)26-20(14)23/h10,17-19H,5-9,11-13H2,1-4H3. The molecule has 0 amide bonds. The van der Waals surface area contributed by atoms with Crippen LogP contribution in [-0.4, -0.2) is 32.6 Å². The molecule has 2 saturated carbocycles. The summed E-state index contributed by atoms with van der Waals surface area (Å²) in [6.45, 7) is 7.95. The fourth-order valence-corrected chi connectivity index (χ4v) is 6.58. The molecule has 0 aromatic carbocycles. The average molecular weight is 360 g/mol. The molecular weight excluding hydrogens is 328 g/mol. The largest absolute Gasteiger partial charge is 0.454 e. The molecule has 0 N–H and O–H groups in total. The maximum absolute atomic E-state index is 12.0. The first-order chi connectivity index (χ1) is 12.4. The number of fused-ring (bicyclic) bond motifs is 4. The normalized spacial score (nSPS) is 41.9. The Hall–Kier alpha value is -1.13. The lowest BCUT2D eigenvalue weighted by atomic mass is 9.46. The zero-order valence-electron chi connectivity index (χ0n) is 16.6. The molecule has 4 rings (SSSR count). The van der Waals surface area contributed by atoms with E-state index in [9.17, 15) is 4.79 Å². The third-order valence-corrected chi connectivity index (χ3v) is 7.82. The zero-order chi connectivity index (χ0) is 18.5. The van der Waals surface area contributed by atoms with E-state index in [2.05, 4.69) is 19.9 Å². The maximum Gasteiger partial charge on any atom is 0.334 e. The molecule has 0 aromatic heterocycles. The highest BCUT2D eigenvalue weighted by Gasteiger charge is 2.56. The van der Waals surface area contributed by atoms with Gasteiger partial charge in [-0.3, -0.25) is 0 Å². The smallest absolute Gasteiger partial charge is 0.334 e. The number of esters is 1. The second kappa shape index (κ2) is 6.49. The van der Waals surface area contributed by atoms with Crippen molar-refractivity contribution in [1.29, 1.82) is 0 Å². The third-order valence-electron chi connectivity index (χ3n) is 7.82. The monoisotopic (exact) mass is 360 g/mol. The van der Waals surface area contributed by atoms with Crippen molar-refractivity contribution in [2.75, 3.05) is 20.5 Å². The maximum atomic E-state index is 12.0. The van der Waals surface area contributed by atoms with Crippen molar-refractivity contribution in [2.45, 2.75) is 65.4 Å². The second-order valence-electron chi connectivity index (χ2n) is 9.34. The lowest BCUT2D eigenvalue weighted by Crippen LogP contribution is -2.53. The van der Waals surface area contributed by atoms with Crippen LogP contribution in [0.15, 0.2) is 22.8 Å². The molecule has 1 heterocycles. The van der Waals surface area contributed by atoms with Gasteiger partial charge in [0.15, 0.2) is 0 Å². The highest BCUT2D eigenvalue weighted by Crippen LogP contribution is 2.63. The van der Waals surface area contributed by atoms with Gasteiger partial charge in [0.1, 0.15) is 12.9 Å². The van der Waals surface area contributed by atoms with E-state index in [0.29, 0.717) is 18.6 Å². The Labute approximate surface area is 157 Å². The molecule has 4 nitrogen and oxygen atoms in total. The van der Waals surface area contributed by atoms with E-state index in [1.54, 1.807) is 12.7 Å². The Morgan fingerprint density at radius 3 is 2.88 bits per heavy atom. The molecule has 0 saturated heterocycles. The molecule has 0 radical (unpaired) electrons. The zero-order valence-corrected chi connectivity index (χ0v) is 16.6. The van der Waals surface area contributed by atoms with E-state index >= 15 is 0 Å². The van der Waals surface area contributed by atoms with Gasteiger partial charge in [0.05, 0.1) is 6.61 Å². The highest BCUT2D eigenvalue weighted by atomic mass is 16.7. The minimum atomic E-state index is -0.122. The number of carbonyl (C=O) groups is 1. The molecule has 1 aliphatic heterocycles. The molecule has 0 bridgehead atoms. The van der Waals surface area contributed by atoms with Crippen LogP contribution < -0.4 is 0 Å². The molecule has 5 atom stereocenters. The van der Waals surface area contributed by atoms with Crippen LogP contribution in [0.5, 0.6) is 0 Å². The Morgan fingerprint density at radius 2 is 2.12 bits per heavy atom. The number of carbonyl (C=O) groups excluding carboxylic acids is 1. The Kier molecular flexibility index (Phi) is 4.55. The van der Waals surface area contributed by atoms with Crippen LogP contribution in [0.1, 0.15) is 59.3 Å². The summed E-state index contributed by atoms with van der Waals surface area (Å²) < 4.78 is 16.6. The van der Waals surface area contributed by atoms with Gasteiger partial charge in [0.25, 0.3) is 0 Å². The average Bonchev–Trinajstić information content (AvgIpc) is 2.88. The van der Waals surface area contributed by atoms with Crippen molar-refractivity contribution in [3.05, 3.63) is 22.8 Å². The van der Waals surface area contributed by atoms with Crippen LogP contribution in [0.3, 0.4) is 0 Å². The van der Waals surface area contributed by atoms with E-state index in [-0.39, 0.29) is 22.9 Å². The van der Waals surface area contributed by atoms with Gasteiger partial charge in [-0.25, -0.2) is 4.79 Å². The van der Waals surface area contributed by atoms with Gasteiger partial charge in [-0.05, 0) is 61.7 Å². The van der Waals surface area contributed by atoms with Crippen molar-refractivity contribution in [1.82, 2.24) is 0 Å². The number of allylic oxidation sites excluding steroid dienone is 1. The summed E-state index contributed by atoms with van der Waals surface area (Å²) in [5.41, 5.74) is 3.98. The SMILES string of the molecule is COCOCC1(C)CCCC2(C)C3CC4OC(=O)C(C)=C4C=C3CCC12. The van der Waals surface area contributed by atoms with Gasteiger partial charge in [0.2, 0.25) is 0 Å². The Morgan fingerprint density at radius 1 is 1.31 bits per heavy atom. The van der Waals surface area contributed by atoms with E-state index in [1.807, 2.05) is 6.92 Å². The summed E-state index contributed by atoms with van der Waals surface area (Å²) in [6, 6.07) is 0. The fourth-order valence-electron chi connectivity index (χ4n) is 6.58. The first-order valence-corrected chi connectivity index (χ1v) is 10.1.